The maximum Gasteiger partial charge on any atom is 0.115 e. The molecule has 0 unspecified atom stereocenters. The zero-order chi connectivity index (χ0) is 10.7. The molecule has 0 bridgehead atoms. The number of para-hydroxylation sites is 1. The van der Waals surface area contributed by atoms with E-state index in [0.29, 0.717) is 15.7 Å². The molecular formula is C10H11Cl2N3. The zero-order valence-corrected chi connectivity index (χ0v) is 9.57. The van der Waals surface area contributed by atoms with Crippen molar-refractivity contribution in [1.82, 2.24) is 5.43 Å². The van der Waals surface area contributed by atoms with Crippen LogP contribution in [0.4, 0.5) is 5.69 Å². The van der Waals surface area contributed by atoms with Crippen molar-refractivity contribution in [3.05, 3.63) is 28.2 Å². The lowest BCUT2D eigenvalue weighted by Crippen LogP contribution is -2.28. The standard InChI is InChI=1S/C10H11Cl2N3/c11-7-3-1-4-8(12)10(7)15-14-9-5-2-6-13-9/h1,3-4,15H,2,5-6H2,(H,13,14). The van der Waals surface area contributed by atoms with E-state index in [1.54, 1.807) is 12.1 Å². The van der Waals surface area contributed by atoms with E-state index in [1.165, 1.54) is 0 Å². The van der Waals surface area contributed by atoms with Gasteiger partial charge in [0.1, 0.15) is 5.84 Å². The summed E-state index contributed by atoms with van der Waals surface area (Å²) in [5.41, 5.74) is 6.68. The van der Waals surface area contributed by atoms with E-state index in [4.69, 9.17) is 23.2 Å². The number of amidine groups is 1. The van der Waals surface area contributed by atoms with E-state index in [-0.39, 0.29) is 0 Å². The highest BCUT2D eigenvalue weighted by atomic mass is 35.5. The minimum Gasteiger partial charge on any atom is -0.297 e. The first-order valence-corrected chi connectivity index (χ1v) is 5.52. The van der Waals surface area contributed by atoms with Crippen molar-refractivity contribution in [2.45, 2.75) is 12.8 Å². The highest BCUT2D eigenvalue weighted by molar-refractivity contribution is 6.39. The summed E-state index contributed by atoms with van der Waals surface area (Å²) in [6.07, 6.45) is 2.06. The van der Waals surface area contributed by atoms with Gasteiger partial charge in [-0.15, -0.1) is 0 Å². The van der Waals surface area contributed by atoms with E-state index >= 15 is 0 Å². The maximum absolute atomic E-state index is 5.99. The van der Waals surface area contributed by atoms with Crippen LogP contribution in [0.25, 0.3) is 0 Å². The first-order chi connectivity index (χ1) is 7.27. The van der Waals surface area contributed by atoms with Crippen LogP contribution in [0.15, 0.2) is 23.2 Å². The molecule has 1 aliphatic heterocycles. The predicted molar refractivity (Wildman–Crippen MR) is 64.8 cm³/mol. The molecule has 0 saturated heterocycles. The number of aliphatic imine (C=N–C) groups is 1. The molecule has 0 aliphatic carbocycles. The van der Waals surface area contributed by atoms with Crippen LogP contribution < -0.4 is 10.9 Å². The Labute approximate surface area is 98.5 Å². The van der Waals surface area contributed by atoms with Gasteiger partial charge in [-0.3, -0.25) is 15.8 Å². The number of nitrogens with one attached hydrogen (secondary N) is 2. The molecule has 0 atom stereocenters. The van der Waals surface area contributed by atoms with Crippen LogP contribution in [0, 0.1) is 0 Å². The van der Waals surface area contributed by atoms with Crippen molar-refractivity contribution in [3.63, 3.8) is 0 Å². The van der Waals surface area contributed by atoms with Gasteiger partial charge in [-0.2, -0.15) is 0 Å². The fraction of sp³-hybridized carbons (Fsp3) is 0.300. The Bertz CT molecular complexity index is 370. The van der Waals surface area contributed by atoms with Gasteiger partial charge in [-0.05, 0) is 18.6 Å². The van der Waals surface area contributed by atoms with E-state index in [1.807, 2.05) is 6.07 Å². The third-order valence-electron chi connectivity index (χ3n) is 2.17. The van der Waals surface area contributed by atoms with E-state index in [0.717, 1.165) is 25.2 Å². The molecule has 0 spiro atoms. The zero-order valence-electron chi connectivity index (χ0n) is 8.06. The molecular weight excluding hydrogens is 233 g/mol. The maximum atomic E-state index is 5.99. The van der Waals surface area contributed by atoms with E-state index < -0.39 is 0 Å². The molecule has 0 radical (unpaired) electrons. The molecule has 1 aromatic rings. The van der Waals surface area contributed by atoms with Crippen molar-refractivity contribution < 1.29 is 0 Å². The largest absolute Gasteiger partial charge is 0.297 e. The van der Waals surface area contributed by atoms with Crippen molar-refractivity contribution >= 4 is 34.7 Å². The van der Waals surface area contributed by atoms with E-state index in [9.17, 15) is 0 Å². The normalized spacial score (nSPS) is 14.9. The molecule has 1 aliphatic rings. The minimum atomic E-state index is 0.591. The predicted octanol–water partition coefficient (Wildman–Crippen LogP) is 3.10. The Kier molecular flexibility index (Phi) is 3.34. The molecule has 0 aromatic heterocycles. The summed E-state index contributed by atoms with van der Waals surface area (Å²) in [7, 11) is 0. The van der Waals surface area contributed by atoms with Gasteiger partial charge in [0.15, 0.2) is 0 Å². The van der Waals surface area contributed by atoms with Gasteiger partial charge in [0.05, 0.1) is 15.7 Å². The summed E-state index contributed by atoms with van der Waals surface area (Å²) in [4.78, 5) is 4.27. The number of hydrogen-bond acceptors (Lipinski definition) is 3. The summed E-state index contributed by atoms with van der Waals surface area (Å²) in [5, 5.41) is 1.18. The van der Waals surface area contributed by atoms with Crippen LogP contribution in [0.5, 0.6) is 0 Å². The van der Waals surface area contributed by atoms with Crippen LogP contribution in [0.1, 0.15) is 12.8 Å². The summed E-state index contributed by atoms with van der Waals surface area (Å²) in [5.74, 6) is 0.950. The number of anilines is 1. The second kappa shape index (κ2) is 4.73. The van der Waals surface area contributed by atoms with Crippen LogP contribution in [-0.2, 0) is 0 Å². The van der Waals surface area contributed by atoms with Crippen molar-refractivity contribution in [1.29, 1.82) is 0 Å². The third-order valence-corrected chi connectivity index (χ3v) is 2.80. The summed E-state index contributed by atoms with van der Waals surface area (Å²) >= 11 is 12.0. The van der Waals surface area contributed by atoms with Crippen molar-refractivity contribution in [2.24, 2.45) is 4.99 Å². The average molecular weight is 244 g/mol. The first kappa shape index (κ1) is 10.6. The molecule has 0 amide bonds. The molecule has 2 N–H and O–H groups in total. The number of benzene rings is 1. The van der Waals surface area contributed by atoms with Gasteiger partial charge < -0.3 is 0 Å². The van der Waals surface area contributed by atoms with Crippen LogP contribution in [-0.4, -0.2) is 12.4 Å². The topological polar surface area (TPSA) is 36.4 Å². The van der Waals surface area contributed by atoms with Crippen LogP contribution in [0.2, 0.25) is 10.0 Å². The Hall–Kier alpha value is -0.930. The highest BCUT2D eigenvalue weighted by Crippen LogP contribution is 2.28. The fourth-order valence-electron chi connectivity index (χ4n) is 1.39. The smallest absolute Gasteiger partial charge is 0.115 e. The van der Waals surface area contributed by atoms with Crippen LogP contribution in [0.3, 0.4) is 0 Å². The Morgan fingerprint density at radius 1 is 1.13 bits per heavy atom. The lowest BCUT2D eigenvalue weighted by atomic mass is 10.3. The van der Waals surface area contributed by atoms with Crippen molar-refractivity contribution in [2.75, 3.05) is 12.0 Å². The summed E-state index contributed by atoms with van der Waals surface area (Å²) < 4.78 is 0. The molecule has 5 heteroatoms. The molecule has 3 nitrogen and oxygen atoms in total. The summed E-state index contributed by atoms with van der Waals surface area (Å²) in [6, 6.07) is 5.38. The monoisotopic (exact) mass is 243 g/mol. The fourth-order valence-corrected chi connectivity index (χ4v) is 1.89. The molecule has 1 heterocycles. The second-order valence-corrected chi connectivity index (χ2v) is 4.09. The number of nitrogens with zero attached hydrogens (tertiary/aromatic N) is 1. The van der Waals surface area contributed by atoms with Gasteiger partial charge in [0, 0.05) is 13.0 Å². The molecule has 0 fully saturated rings. The number of rotatable bonds is 2. The van der Waals surface area contributed by atoms with Gasteiger partial charge in [0.2, 0.25) is 0 Å². The SMILES string of the molecule is Clc1cccc(Cl)c1NNC1=NCCC1. The summed E-state index contributed by atoms with van der Waals surface area (Å²) in [6.45, 7) is 0.889. The number of hydrazine groups is 1. The molecule has 80 valence electrons. The molecule has 2 rings (SSSR count). The second-order valence-electron chi connectivity index (χ2n) is 3.28. The quantitative estimate of drug-likeness (QED) is 0.784. The third kappa shape index (κ3) is 2.55. The van der Waals surface area contributed by atoms with Gasteiger partial charge in [-0.25, -0.2) is 0 Å². The molecule has 0 saturated carbocycles. The number of hydrogen-bond donors (Lipinski definition) is 2. The first-order valence-electron chi connectivity index (χ1n) is 4.77. The lowest BCUT2D eigenvalue weighted by molar-refractivity contribution is 0.944. The Morgan fingerprint density at radius 2 is 1.87 bits per heavy atom. The van der Waals surface area contributed by atoms with E-state index in [2.05, 4.69) is 15.8 Å². The van der Waals surface area contributed by atoms with Gasteiger partial charge in [0.25, 0.3) is 0 Å². The number of halogens is 2. The molecule has 15 heavy (non-hydrogen) atoms. The van der Waals surface area contributed by atoms with Gasteiger partial charge in [-0.1, -0.05) is 29.3 Å². The Balaban J connectivity index is 2.04. The Morgan fingerprint density at radius 3 is 2.47 bits per heavy atom. The average Bonchev–Trinajstić information content (AvgIpc) is 2.70. The highest BCUT2D eigenvalue weighted by Gasteiger charge is 2.08. The molecule has 1 aromatic carbocycles. The van der Waals surface area contributed by atoms with Gasteiger partial charge >= 0.3 is 0 Å². The lowest BCUT2D eigenvalue weighted by Gasteiger charge is -2.11. The van der Waals surface area contributed by atoms with Crippen LogP contribution >= 0.6 is 23.2 Å². The minimum absolute atomic E-state index is 0.591. The van der Waals surface area contributed by atoms with Crippen molar-refractivity contribution in [3.8, 4) is 0 Å².